The lowest BCUT2D eigenvalue weighted by molar-refractivity contribution is -0.139. The first-order valence-electron chi connectivity index (χ1n) is 8.51. The number of carbonyl (C=O) groups excluding carboxylic acids is 1. The average Bonchev–Trinajstić information content (AvgIpc) is 2.61. The summed E-state index contributed by atoms with van der Waals surface area (Å²) in [5.74, 6) is -0.444. The van der Waals surface area contributed by atoms with E-state index < -0.39 is 5.97 Å². The van der Waals surface area contributed by atoms with Gasteiger partial charge in [0.1, 0.15) is 5.75 Å². The van der Waals surface area contributed by atoms with Crippen molar-refractivity contribution in [2.24, 2.45) is 0 Å². The number of rotatable bonds is 8. The molecule has 0 heterocycles. The van der Waals surface area contributed by atoms with E-state index in [0.29, 0.717) is 18.7 Å². The lowest BCUT2D eigenvalue weighted by Gasteiger charge is -2.27. The number of nitrogens with zero attached hydrogens (tertiary/aromatic N) is 1. The lowest BCUT2D eigenvalue weighted by atomic mass is 9.81. The monoisotopic (exact) mass is 355 g/mol. The van der Waals surface area contributed by atoms with Gasteiger partial charge in [0.2, 0.25) is 5.91 Å². The molecular formula is C21H25NO4. The van der Waals surface area contributed by atoms with Gasteiger partial charge in [0.05, 0.1) is 0 Å². The number of carbonyl (C=O) groups is 2. The number of amides is 1. The van der Waals surface area contributed by atoms with Gasteiger partial charge in [-0.25, -0.2) is 4.79 Å². The van der Waals surface area contributed by atoms with Crippen LogP contribution in [0.5, 0.6) is 5.75 Å². The van der Waals surface area contributed by atoms with E-state index in [-0.39, 0.29) is 17.9 Å². The fourth-order valence-corrected chi connectivity index (χ4v) is 2.70. The van der Waals surface area contributed by atoms with Crippen LogP contribution >= 0.6 is 0 Å². The molecule has 138 valence electrons. The van der Waals surface area contributed by atoms with Gasteiger partial charge in [-0.05, 0) is 28.7 Å². The van der Waals surface area contributed by atoms with Crippen LogP contribution in [-0.4, -0.2) is 35.5 Å². The Labute approximate surface area is 154 Å². The summed E-state index contributed by atoms with van der Waals surface area (Å²) in [6.45, 7) is 4.26. The molecule has 1 amide bonds. The van der Waals surface area contributed by atoms with E-state index in [1.165, 1.54) is 0 Å². The van der Waals surface area contributed by atoms with Gasteiger partial charge in [0.15, 0.2) is 6.61 Å². The smallest absolute Gasteiger partial charge is 0.341 e. The number of ether oxygens (including phenoxy) is 1. The van der Waals surface area contributed by atoms with E-state index in [9.17, 15) is 9.59 Å². The third-order valence-electron chi connectivity index (χ3n) is 4.28. The molecule has 2 rings (SSSR count). The number of hydrogen-bond acceptors (Lipinski definition) is 3. The first kappa shape index (κ1) is 19.5. The molecule has 1 N–H and O–H groups in total. The summed E-state index contributed by atoms with van der Waals surface area (Å²) in [5.41, 5.74) is 1.86. The molecule has 0 radical (unpaired) electrons. The molecule has 26 heavy (non-hydrogen) atoms. The fourth-order valence-electron chi connectivity index (χ4n) is 2.70. The van der Waals surface area contributed by atoms with Crippen molar-refractivity contribution < 1.29 is 19.4 Å². The quantitative estimate of drug-likeness (QED) is 0.787. The topological polar surface area (TPSA) is 66.8 Å². The van der Waals surface area contributed by atoms with E-state index in [1.807, 2.05) is 42.5 Å². The summed E-state index contributed by atoms with van der Waals surface area (Å²) in [7, 11) is 1.79. The summed E-state index contributed by atoms with van der Waals surface area (Å²) in [4.78, 5) is 24.8. The zero-order chi connectivity index (χ0) is 19.2. The van der Waals surface area contributed by atoms with E-state index in [2.05, 4.69) is 13.8 Å². The maximum absolute atomic E-state index is 12.6. The van der Waals surface area contributed by atoms with Gasteiger partial charge in [-0.3, -0.25) is 4.79 Å². The molecule has 0 saturated heterocycles. The molecule has 0 spiro atoms. The molecule has 0 aliphatic rings. The number of carboxylic acid groups (broad SMARTS) is 1. The Kier molecular flexibility index (Phi) is 6.39. The molecule has 0 aliphatic carbocycles. The first-order valence-corrected chi connectivity index (χ1v) is 8.51. The van der Waals surface area contributed by atoms with Gasteiger partial charge in [-0.15, -0.1) is 0 Å². The highest BCUT2D eigenvalue weighted by Gasteiger charge is 2.25. The van der Waals surface area contributed by atoms with Crippen LogP contribution in [-0.2, 0) is 21.5 Å². The van der Waals surface area contributed by atoms with Crippen LogP contribution in [0.2, 0.25) is 0 Å². The summed E-state index contributed by atoms with van der Waals surface area (Å²) < 4.78 is 5.11. The summed E-state index contributed by atoms with van der Waals surface area (Å²) >= 11 is 0. The van der Waals surface area contributed by atoms with Crippen molar-refractivity contribution in [3.05, 3.63) is 65.7 Å². The van der Waals surface area contributed by atoms with Crippen molar-refractivity contribution in [3.8, 4) is 5.75 Å². The minimum atomic E-state index is -1.01. The Morgan fingerprint density at radius 1 is 1.04 bits per heavy atom. The third kappa shape index (κ3) is 5.62. The van der Waals surface area contributed by atoms with Gasteiger partial charge in [-0.1, -0.05) is 56.3 Å². The number of carboxylic acids is 1. The zero-order valence-electron chi connectivity index (χ0n) is 15.4. The Morgan fingerprint density at radius 3 is 2.23 bits per heavy atom. The predicted octanol–water partition coefficient (Wildman–Crippen LogP) is 3.48. The zero-order valence-corrected chi connectivity index (χ0v) is 15.4. The molecular weight excluding hydrogens is 330 g/mol. The lowest BCUT2D eigenvalue weighted by Crippen LogP contribution is -2.32. The van der Waals surface area contributed by atoms with Gasteiger partial charge in [0.25, 0.3) is 0 Å². The Bertz CT molecular complexity index is 738. The molecule has 0 fully saturated rings. The van der Waals surface area contributed by atoms with E-state index in [4.69, 9.17) is 9.84 Å². The number of aliphatic carboxylic acids is 1. The molecule has 0 aliphatic heterocycles. The normalized spacial score (nSPS) is 11.0. The molecule has 0 aromatic heterocycles. The maximum atomic E-state index is 12.6. The standard InChI is InChI=1S/C21H25NO4/c1-21(2,17-7-5-4-6-8-17)13-19(23)22(3)14-16-9-11-18(12-10-16)26-15-20(24)25/h4-12H,13-15H2,1-3H3,(H,24,25). The van der Waals surface area contributed by atoms with E-state index in [1.54, 1.807) is 24.1 Å². The van der Waals surface area contributed by atoms with Crippen LogP contribution in [0.4, 0.5) is 0 Å². The molecule has 5 heteroatoms. The van der Waals surface area contributed by atoms with Crippen molar-refractivity contribution >= 4 is 11.9 Å². The summed E-state index contributed by atoms with van der Waals surface area (Å²) in [6.07, 6.45) is 0.424. The minimum Gasteiger partial charge on any atom is -0.482 e. The van der Waals surface area contributed by atoms with Crippen molar-refractivity contribution in [1.29, 1.82) is 0 Å². The fraction of sp³-hybridized carbons (Fsp3) is 0.333. The molecule has 0 unspecified atom stereocenters. The Hall–Kier alpha value is -2.82. The second-order valence-corrected chi connectivity index (χ2v) is 7.00. The van der Waals surface area contributed by atoms with Crippen molar-refractivity contribution in [2.75, 3.05) is 13.7 Å². The van der Waals surface area contributed by atoms with Crippen LogP contribution in [0.1, 0.15) is 31.4 Å². The van der Waals surface area contributed by atoms with E-state index in [0.717, 1.165) is 11.1 Å². The number of hydrogen-bond donors (Lipinski definition) is 1. The van der Waals surface area contributed by atoms with Crippen molar-refractivity contribution in [3.63, 3.8) is 0 Å². The van der Waals surface area contributed by atoms with Crippen LogP contribution < -0.4 is 4.74 Å². The van der Waals surface area contributed by atoms with Crippen molar-refractivity contribution in [1.82, 2.24) is 4.90 Å². The van der Waals surface area contributed by atoms with Crippen LogP contribution in [0.15, 0.2) is 54.6 Å². The highest BCUT2D eigenvalue weighted by atomic mass is 16.5. The molecule has 0 atom stereocenters. The molecule has 0 saturated carbocycles. The van der Waals surface area contributed by atoms with Crippen molar-refractivity contribution in [2.45, 2.75) is 32.2 Å². The summed E-state index contributed by atoms with van der Waals surface area (Å²) in [6, 6.07) is 17.1. The SMILES string of the molecule is CN(Cc1ccc(OCC(=O)O)cc1)C(=O)CC(C)(C)c1ccccc1. The van der Waals surface area contributed by atoms with Gasteiger partial charge < -0.3 is 14.7 Å². The highest BCUT2D eigenvalue weighted by Crippen LogP contribution is 2.27. The maximum Gasteiger partial charge on any atom is 0.341 e. The highest BCUT2D eigenvalue weighted by molar-refractivity contribution is 5.77. The van der Waals surface area contributed by atoms with Crippen LogP contribution in [0.3, 0.4) is 0 Å². The summed E-state index contributed by atoms with van der Waals surface area (Å²) in [5, 5.41) is 8.62. The van der Waals surface area contributed by atoms with Crippen LogP contribution in [0.25, 0.3) is 0 Å². The molecule has 2 aromatic carbocycles. The number of benzene rings is 2. The van der Waals surface area contributed by atoms with E-state index >= 15 is 0 Å². The van der Waals surface area contributed by atoms with Crippen LogP contribution in [0, 0.1) is 0 Å². The molecule has 5 nitrogen and oxygen atoms in total. The molecule has 0 bridgehead atoms. The average molecular weight is 355 g/mol. The first-order chi connectivity index (χ1) is 12.3. The minimum absolute atomic E-state index is 0.0741. The molecule has 2 aromatic rings. The third-order valence-corrected chi connectivity index (χ3v) is 4.28. The Morgan fingerprint density at radius 2 is 1.65 bits per heavy atom. The van der Waals surface area contributed by atoms with Gasteiger partial charge in [0, 0.05) is 20.0 Å². The predicted molar refractivity (Wildman–Crippen MR) is 100 cm³/mol. The second-order valence-electron chi connectivity index (χ2n) is 7.00. The second kappa shape index (κ2) is 8.52. The Balaban J connectivity index is 1.93. The largest absolute Gasteiger partial charge is 0.482 e. The van der Waals surface area contributed by atoms with Gasteiger partial charge in [-0.2, -0.15) is 0 Å². The van der Waals surface area contributed by atoms with Gasteiger partial charge >= 0.3 is 5.97 Å².